The molecule has 1 spiro atoms. The Balaban J connectivity index is 1.48. The topological polar surface area (TPSA) is 48.6 Å². The first-order valence-electron chi connectivity index (χ1n) is 10.9. The molecule has 156 valence electrons. The highest BCUT2D eigenvalue weighted by atomic mass is 16.5. The Morgan fingerprint density at radius 2 is 1.77 bits per heavy atom. The smallest absolute Gasteiger partial charge is 0.249 e. The predicted octanol–water partition coefficient (Wildman–Crippen LogP) is 3.69. The molecule has 2 aliphatic heterocycles. The van der Waals surface area contributed by atoms with Crippen LogP contribution in [0.4, 0.5) is 0 Å². The van der Waals surface area contributed by atoms with Crippen molar-refractivity contribution in [3.63, 3.8) is 0 Å². The van der Waals surface area contributed by atoms with E-state index in [9.17, 15) is 4.79 Å². The van der Waals surface area contributed by atoms with Crippen LogP contribution < -0.4 is 0 Å². The molecule has 1 N–H and O–H groups in total. The van der Waals surface area contributed by atoms with Crippen molar-refractivity contribution < 1.29 is 9.53 Å². The molecule has 0 saturated carbocycles. The number of fused-ring (bicyclic) bond motifs is 4. The number of methoxy groups -OCH3 is 1. The number of amides is 1. The van der Waals surface area contributed by atoms with Crippen LogP contribution in [0, 0.1) is 0 Å². The zero-order chi connectivity index (χ0) is 20.6. The van der Waals surface area contributed by atoms with Crippen LogP contribution in [0.25, 0.3) is 10.9 Å². The van der Waals surface area contributed by atoms with Crippen molar-refractivity contribution in [2.75, 3.05) is 33.4 Å². The summed E-state index contributed by atoms with van der Waals surface area (Å²) < 4.78 is 5.23. The van der Waals surface area contributed by atoms with Gasteiger partial charge in [0.1, 0.15) is 6.61 Å². The molecule has 0 unspecified atom stereocenters. The highest BCUT2D eigenvalue weighted by Gasteiger charge is 2.48. The third-order valence-electron chi connectivity index (χ3n) is 6.88. The fourth-order valence-electron chi connectivity index (χ4n) is 5.44. The van der Waals surface area contributed by atoms with Crippen molar-refractivity contribution in [3.8, 4) is 0 Å². The van der Waals surface area contributed by atoms with E-state index in [-0.39, 0.29) is 18.1 Å². The Hall–Kier alpha value is -2.63. The molecular weight excluding hydrogens is 374 g/mol. The monoisotopic (exact) mass is 403 g/mol. The van der Waals surface area contributed by atoms with E-state index in [1.54, 1.807) is 7.11 Å². The van der Waals surface area contributed by atoms with Crippen LogP contribution >= 0.6 is 0 Å². The third kappa shape index (κ3) is 3.22. The molecule has 0 bridgehead atoms. The van der Waals surface area contributed by atoms with Gasteiger partial charge >= 0.3 is 0 Å². The Labute approximate surface area is 177 Å². The molecule has 3 aromatic rings. The lowest BCUT2D eigenvalue weighted by molar-refractivity contribution is -0.146. The van der Waals surface area contributed by atoms with Gasteiger partial charge in [-0.1, -0.05) is 48.5 Å². The summed E-state index contributed by atoms with van der Waals surface area (Å²) in [6, 6.07) is 19.2. The molecule has 0 atom stereocenters. The van der Waals surface area contributed by atoms with Crippen molar-refractivity contribution in [1.82, 2.24) is 14.8 Å². The van der Waals surface area contributed by atoms with Gasteiger partial charge in [-0.2, -0.15) is 0 Å². The second kappa shape index (κ2) is 7.89. The lowest BCUT2D eigenvalue weighted by atomic mass is 9.77. The molecule has 1 saturated heterocycles. The summed E-state index contributed by atoms with van der Waals surface area (Å²) in [5, 5.41) is 1.30. The zero-order valence-electron chi connectivity index (χ0n) is 17.6. The van der Waals surface area contributed by atoms with E-state index in [4.69, 9.17) is 4.74 Å². The number of para-hydroxylation sites is 1. The molecule has 5 nitrogen and oxygen atoms in total. The van der Waals surface area contributed by atoms with Gasteiger partial charge < -0.3 is 14.6 Å². The maximum Gasteiger partial charge on any atom is 0.249 e. The van der Waals surface area contributed by atoms with Gasteiger partial charge in [0.2, 0.25) is 5.91 Å². The van der Waals surface area contributed by atoms with Crippen LogP contribution in [-0.4, -0.2) is 54.0 Å². The number of piperidine rings is 1. The van der Waals surface area contributed by atoms with E-state index < -0.39 is 0 Å². The maximum absolute atomic E-state index is 13.0. The van der Waals surface area contributed by atoms with E-state index in [0.29, 0.717) is 0 Å². The van der Waals surface area contributed by atoms with Gasteiger partial charge in [-0.15, -0.1) is 0 Å². The minimum absolute atomic E-state index is 0.0957. The SMILES string of the molecule is COCC(=O)N1CCc2c([nH]c3ccccc23)C12CCN(Cc1ccccc1)CC2. The Kier molecular flexibility index (Phi) is 5.09. The quantitative estimate of drug-likeness (QED) is 0.723. The largest absolute Gasteiger partial charge is 0.375 e. The second-order valence-electron chi connectivity index (χ2n) is 8.55. The number of aromatic amines is 1. The number of hydrogen-bond donors (Lipinski definition) is 1. The van der Waals surface area contributed by atoms with Gasteiger partial charge in [0, 0.05) is 49.9 Å². The fourth-order valence-corrected chi connectivity index (χ4v) is 5.44. The maximum atomic E-state index is 13.0. The van der Waals surface area contributed by atoms with Gasteiger partial charge in [-0.05, 0) is 36.5 Å². The van der Waals surface area contributed by atoms with E-state index in [1.807, 2.05) is 0 Å². The molecule has 2 aromatic carbocycles. The lowest BCUT2D eigenvalue weighted by Gasteiger charge is -2.51. The Morgan fingerprint density at radius 1 is 1.03 bits per heavy atom. The molecule has 5 heteroatoms. The average molecular weight is 404 g/mol. The van der Waals surface area contributed by atoms with E-state index in [2.05, 4.69) is 69.4 Å². The Morgan fingerprint density at radius 3 is 2.53 bits per heavy atom. The summed E-state index contributed by atoms with van der Waals surface area (Å²) in [5.74, 6) is 0.0957. The number of ether oxygens (including phenoxy) is 1. The van der Waals surface area contributed by atoms with Gasteiger partial charge in [0.15, 0.2) is 0 Å². The molecule has 0 aliphatic carbocycles. The zero-order valence-corrected chi connectivity index (χ0v) is 17.6. The number of carbonyl (C=O) groups is 1. The third-order valence-corrected chi connectivity index (χ3v) is 6.88. The normalized spacial score (nSPS) is 18.6. The number of nitrogens with zero attached hydrogens (tertiary/aromatic N) is 2. The predicted molar refractivity (Wildman–Crippen MR) is 118 cm³/mol. The number of H-pyrrole nitrogens is 1. The molecule has 2 aliphatic rings. The number of nitrogens with one attached hydrogen (secondary N) is 1. The van der Waals surface area contributed by atoms with Crippen LogP contribution in [0.3, 0.4) is 0 Å². The number of benzene rings is 2. The number of rotatable bonds is 4. The van der Waals surface area contributed by atoms with Gasteiger partial charge in [-0.25, -0.2) is 0 Å². The molecule has 30 heavy (non-hydrogen) atoms. The molecule has 1 fully saturated rings. The molecule has 3 heterocycles. The van der Waals surface area contributed by atoms with E-state index in [0.717, 1.165) is 45.4 Å². The van der Waals surface area contributed by atoms with Crippen molar-refractivity contribution in [1.29, 1.82) is 0 Å². The summed E-state index contributed by atoms with van der Waals surface area (Å²) >= 11 is 0. The summed E-state index contributed by atoms with van der Waals surface area (Å²) in [4.78, 5) is 21.4. The minimum Gasteiger partial charge on any atom is -0.375 e. The lowest BCUT2D eigenvalue weighted by Crippen LogP contribution is -2.58. The number of likely N-dealkylation sites (tertiary alicyclic amines) is 1. The Bertz CT molecular complexity index is 1030. The van der Waals surface area contributed by atoms with Crippen LogP contribution in [-0.2, 0) is 28.0 Å². The molecule has 1 aromatic heterocycles. The molecule has 0 radical (unpaired) electrons. The second-order valence-corrected chi connectivity index (χ2v) is 8.55. The van der Waals surface area contributed by atoms with Gasteiger partial charge in [-0.3, -0.25) is 9.69 Å². The molecular formula is C25H29N3O2. The van der Waals surface area contributed by atoms with Crippen molar-refractivity contribution in [3.05, 3.63) is 71.4 Å². The first-order valence-corrected chi connectivity index (χ1v) is 10.9. The number of carbonyl (C=O) groups excluding carboxylic acids is 1. The van der Waals surface area contributed by atoms with Crippen molar-refractivity contribution in [2.24, 2.45) is 0 Å². The first kappa shape index (κ1) is 19.3. The molecule has 5 rings (SSSR count). The van der Waals surface area contributed by atoms with Crippen molar-refractivity contribution in [2.45, 2.75) is 31.3 Å². The fraction of sp³-hybridized carbons (Fsp3) is 0.400. The first-order chi connectivity index (χ1) is 14.7. The van der Waals surface area contributed by atoms with Gasteiger partial charge in [0.25, 0.3) is 0 Å². The standard InChI is InChI=1S/C25H29N3O2/c1-30-18-23(29)28-14-11-21-20-9-5-6-10-22(20)26-24(21)25(28)12-15-27(16-13-25)17-19-7-3-2-4-8-19/h2-10,26H,11-18H2,1H3. The molecule has 1 amide bonds. The average Bonchev–Trinajstić information content (AvgIpc) is 3.16. The number of hydrogen-bond acceptors (Lipinski definition) is 3. The van der Waals surface area contributed by atoms with Crippen LogP contribution in [0.5, 0.6) is 0 Å². The van der Waals surface area contributed by atoms with Crippen LogP contribution in [0.2, 0.25) is 0 Å². The van der Waals surface area contributed by atoms with Crippen molar-refractivity contribution >= 4 is 16.8 Å². The van der Waals surface area contributed by atoms with Crippen LogP contribution in [0.15, 0.2) is 54.6 Å². The minimum atomic E-state index is -0.268. The van der Waals surface area contributed by atoms with Gasteiger partial charge in [0.05, 0.1) is 5.54 Å². The van der Waals surface area contributed by atoms with E-state index >= 15 is 0 Å². The summed E-state index contributed by atoms with van der Waals surface area (Å²) in [6.45, 7) is 3.81. The summed E-state index contributed by atoms with van der Waals surface area (Å²) in [5.41, 5.74) is 4.89. The highest BCUT2D eigenvalue weighted by Crippen LogP contribution is 2.45. The summed E-state index contributed by atoms with van der Waals surface area (Å²) in [6.07, 6.45) is 2.77. The van der Waals surface area contributed by atoms with E-state index in [1.165, 1.54) is 27.7 Å². The number of aromatic nitrogens is 1. The van der Waals surface area contributed by atoms with Crippen LogP contribution in [0.1, 0.15) is 29.7 Å². The summed E-state index contributed by atoms with van der Waals surface area (Å²) in [7, 11) is 1.60. The highest BCUT2D eigenvalue weighted by molar-refractivity contribution is 5.87.